The molecule has 1 fully saturated rings. The van der Waals surface area contributed by atoms with Crippen molar-refractivity contribution in [3.8, 4) is 5.75 Å². The Kier molecular flexibility index (Phi) is 6.39. The average molecular weight is 422 g/mol. The summed E-state index contributed by atoms with van der Waals surface area (Å²) in [6.07, 6.45) is 3.52. The Labute approximate surface area is 184 Å². The molecule has 0 aliphatic carbocycles. The molecule has 0 saturated carbocycles. The van der Waals surface area contributed by atoms with E-state index in [1.165, 1.54) is 25.3 Å². The number of nitrogens with one attached hydrogen (secondary N) is 2. The highest BCUT2D eigenvalue weighted by Gasteiger charge is 2.44. The van der Waals surface area contributed by atoms with E-state index in [1.54, 1.807) is 7.11 Å². The Morgan fingerprint density at radius 2 is 1.97 bits per heavy atom. The molecule has 1 atom stereocenters. The second-order valence-corrected chi connectivity index (χ2v) is 8.57. The van der Waals surface area contributed by atoms with Gasteiger partial charge in [0.25, 0.3) is 0 Å². The zero-order valence-corrected chi connectivity index (χ0v) is 18.4. The number of benzene rings is 2. The molecule has 4 rings (SSSR count). The van der Waals surface area contributed by atoms with Gasteiger partial charge in [0.05, 0.1) is 7.11 Å². The summed E-state index contributed by atoms with van der Waals surface area (Å²) in [4.78, 5) is 28.0. The van der Waals surface area contributed by atoms with Gasteiger partial charge < -0.3 is 15.0 Å². The minimum Gasteiger partial charge on any atom is -0.497 e. The smallest absolute Gasteiger partial charge is 0.221 e. The minimum atomic E-state index is -0.796. The highest BCUT2D eigenvalue weighted by molar-refractivity contribution is 5.94. The van der Waals surface area contributed by atoms with Crippen LogP contribution in [0.5, 0.6) is 5.75 Å². The average Bonchev–Trinajstić information content (AvgIpc) is 3.26. The summed E-state index contributed by atoms with van der Waals surface area (Å²) in [7, 11) is 1.64. The number of carbonyl (C=O) groups excluding carboxylic acids is 2. The van der Waals surface area contributed by atoms with Gasteiger partial charge in [0, 0.05) is 32.1 Å². The summed E-state index contributed by atoms with van der Waals surface area (Å²) in [5.74, 6) is 0.786. The lowest BCUT2D eigenvalue weighted by atomic mass is 9.76. The fourth-order valence-electron chi connectivity index (χ4n) is 4.85. The molecule has 1 unspecified atom stereocenters. The van der Waals surface area contributed by atoms with Crippen molar-refractivity contribution in [3.05, 3.63) is 59.2 Å². The maximum Gasteiger partial charge on any atom is 0.221 e. The number of hydrogen-bond acceptors (Lipinski definition) is 5. The summed E-state index contributed by atoms with van der Waals surface area (Å²) in [5.41, 5.74) is 3.04. The summed E-state index contributed by atoms with van der Waals surface area (Å²) >= 11 is 0. The number of ketones is 1. The molecular weight excluding hydrogens is 390 g/mol. The fraction of sp³-hybridized carbons (Fsp3) is 0.440. The van der Waals surface area contributed by atoms with Crippen LogP contribution in [0.1, 0.15) is 36.5 Å². The van der Waals surface area contributed by atoms with E-state index in [0.717, 1.165) is 48.6 Å². The van der Waals surface area contributed by atoms with Crippen molar-refractivity contribution < 1.29 is 14.3 Å². The number of carbonyl (C=O) groups is 2. The van der Waals surface area contributed by atoms with Crippen molar-refractivity contribution in [1.82, 2.24) is 10.2 Å². The number of anilines is 1. The van der Waals surface area contributed by atoms with Crippen LogP contribution in [-0.4, -0.2) is 49.9 Å². The van der Waals surface area contributed by atoms with Crippen LogP contribution in [0.2, 0.25) is 0 Å². The number of nitrogens with zero attached hydrogens (tertiary/aromatic N) is 1. The number of hydrogen-bond donors (Lipinski definition) is 2. The van der Waals surface area contributed by atoms with Crippen molar-refractivity contribution in [1.29, 1.82) is 0 Å². The van der Waals surface area contributed by atoms with Crippen LogP contribution < -0.4 is 15.4 Å². The molecule has 1 amide bonds. The Balaban J connectivity index is 1.73. The van der Waals surface area contributed by atoms with E-state index in [2.05, 4.69) is 21.6 Å². The number of methoxy groups -OCH3 is 1. The zero-order valence-electron chi connectivity index (χ0n) is 18.4. The molecule has 31 heavy (non-hydrogen) atoms. The van der Waals surface area contributed by atoms with E-state index in [1.807, 2.05) is 36.4 Å². The molecule has 164 valence electrons. The van der Waals surface area contributed by atoms with Crippen LogP contribution in [-0.2, 0) is 28.0 Å². The molecule has 2 aliphatic rings. The van der Waals surface area contributed by atoms with Gasteiger partial charge in [-0.3, -0.25) is 14.9 Å². The van der Waals surface area contributed by atoms with E-state index < -0.39 is 5.54 Å². The fourth-order valence-corrected chi connectivity index (χ4v) is 4.85. The number of ether oxygens (including phenoxy) is 1. The molecule has 0 bridgehead atoms. The Hall–Kier alpha value is -2.70. The highest BCUT2D eigenvalue weighted by atomic mass is 16.5. The van der Waals surface area contributed by atoms with Gasteiger partial charge in [-0.15, -0.1) is 0 Å². The first-order valence-corrected chi connectivity index (χ1v) is 11.0. The van der Waals surface area contributed by atoms with Crippen molar-refractivity contribution in [2.75, 3.05) is 38.6 Å². The molecule has 0 spiro atoms. The topological polar surface area (TPSA) is 70.7 Å². The third kappa shape index (κ3) is 4.65. The maximum atomic E-state index is 14.0. The molecule has 1 saturated heterocycles. The first kappa shape index (κ1) is 21.5. The van der Waals surface area contributed by atoms with Gasteiger partial charge in [0.15, 0.2) is 5.78 Å². The Morgan fingerprint density at radius 1 is 1.16 bits per heavy atom. The van der Waals surface area contributed by atoms with Gasteiger partial charge in [-0.2, -0.15) is 0 Å². The Morgan fingerprint density at radius 3 is 2.71 bits per heavy atom. The lowest BCUT2D eigenvalue weighted by Crippen LogP contribution is -2.59. The predicted molar refractivity (Wildman–Crippen MR) is 122 cm³/mol. The van der Waals surface area contributed by atoms with Gasteiger partial charge in [0.1, 0.15) is 11.3 Å². The molecule has 6 nitrogen and oxygen atoms in total. The number of Topliss-reactive ketones (excluding diaryl/α,β-unsaturated/α-hetero) is 1. The van der Waals surface area contributed by atoms with Crippen molar-refractivity contribution in [2.24, 2.45) is 0 Å². The lowest BCUT2D eigenvalue weighted by molar-refractivity contribution is -0.126. The molecule has 0 aromatic heterocycles. The largest absolute Gasteiger partial charge is 0.497 e. The van der Waals surface area contributed by atoms with Crippen LogP contribution in [0.3, 0.4) is 0 Å². The normalized spacial score (nSPS) is 20.8. The van der Waals surface area contributed by atoms with E-state index in [-0.39, 0.29) is 11.7 Å². The van der Waals surface area contributed by atoms with E-state index in [4.69, 9.17) is 4.74 Å². The van der Waals surface area contributed by atoms with Crippen LogP contribution in [0.4, 0.5) is 5.69 Å². The van der Waals surface area contributed by atoms with Gasteiger partial charge in [-0.05, 0) is 73.3 Å². The molecule has 0 radical (unpaired) electrons. The molecule has 6 heteroatoms. The third-order valence-electron chi connectivity index (χ3n) is 6.35. The maximum absolute atomic E-state index is 14.0. The van der Waals surface area contributed by atoms with Gasteiger partial charge in [-0.1, -0.05) is 18.2 Å². The highest BCUT2D eigenvalue weighted by Crippen LogP contribution is 2.35. The third-order valence-corrected chi connectivity index (χ3v) is 6.35. The molecule has 2 aliphatic heterocycles. The molecular formula is C25H31N3O3. The molecule has 2 heterocycles. The second-order valence-electron chi connectivity index (χ2n) is 8.57. The van der Waals surface area contributed by atoms with E-state index >= 15 is 0 Å². The summed E-state index contributed by atoms with van der Waals surface area (Å²) in [5, 5.41) is 6.49. The number of rotatable bonds is 7. The second kappa shape index (κ2) is 9.20. The lowest BCUT2D eigenvalue weighted by Gasteiger charge is -2.42. The van der Waals surface area contributed by atoms with Crippen molar-refractivity contribution in [3.63, 3.8) is 0 Å². The zero-order chi connectivity index (χ0) is 21.8. The van der Waals surface area contributed by atoms with Crippen LogP contribution in [0.15, 0.2) is 42.5 Å². The molecule has 2 N–H and O–H groups in total. The summed E-state index contributed by atoms with van der Waals surface area (Å²) in [6, 6.07) is 13.7. The van der Waals surface area contributed by atoms with Gasteiger partial charge in [0.2, 0.25) is 5.91 Å². The first-order valence-electron chi connectivity index (χ1n) is 11.0. The van der Waals surface area contributed by atoms with Crippen LogP contribution >= 0.6 is 0 Å². The standard InChI is InChI=1S/C25H31N3O3/c1-18(29)27-21-9-8-20-10-11-26-25(23(20)16-21,17-28-12-3-4-13-28)24(30)15-19-6-5-7-22(14-19)31-2/h5-9,14,16,26H,3-4,10-13,15,17H2,1-2H3,(H,27,29). The number of fused-ring (bicyclic) bond motifs is 1. The van der Waals surface area contributed by atoms with Crippen LogP contribution in [0.25, 0.3) is 0 Å². The molecule has 2 aromatic rings. The van der Waals surface area contributed by atoms with Crippen molar-refractivity contribution >= 4 is 17.4 Å². The van der Waals surface area contributed by atoms with Gasteiger partial charge in [-0.25, -0.2) is 0 Å². The van der Waals surface area contributed by atoms with Crippen molar-refractivity contribution in [2.45, 2.75) is 38.1 Å². The Bertz CT molecular complexity index is 968. The number of likely N-dealkylation sites (tertiary alicyclic amines) is 1. The minimum absolute atomic E-state index is 0.114. The number of amides is 1. The summed E-state index contributed by atoms with van der Waals surface area (Å²) < 4.78 is 5.35. The quantitative estimate of drug-likeness (QED) is 0.719. The SMILES string of the molecule is COc1cccc(CC(=O)C2(CN3CCCC3)NCCc3ccc(NC(C)=O)cc32)c1. The van der Waals surface area contributed by atoms with E-state index in [9.17, 15) is 9.59 Å². The monoisotopic (exact) mass is 421 g/mol. The van der Waals surface area contributed by atoms with Crippen LogP contribution in [0, 0.1) is 0 Å². The molecule has 2 aromatic carbocycles. The summed E-state index contributed by atoms with van der Waals surface area (Å²) in [6.45, 7) is 4.92. The van der Waals surface area contributed by atoms with Gasteiger partial charge >= 0.3 is 0 Å². The predicted octanol–water partition coefficient (Wildman–Crippen LogP) is 2.90. The first-order chi connectivity index (χ1) is 15.0. The van der Waals surface area contributed by atoms with E-state index in [0.29, 0.717) is 13.0 Å².